The summed E-state index contributed by atoms with van der Waals surface area (Å²) in [5.74, 6) is -1.83. The van der Waals surface area contributed by atoms with Gasteiger partial charge in [0.15, 0.2) is 5.82 Å². The molecule has 1 aromatic heterocycles. The molecule has 1 heterocycles. The molecule has 110 valence electrons. The predicted octanol–water partition coefficient (Wildman–Crippen LogP) is 0.920. The fourth-order valence-electron chi connectivity index (χ4n) is 1.52. The molecular weight excluding hydrogens is 283 g/mol. The molecule has 9 nitrogen and oxygen atoms in total. The topological polar surface area (TPSA) is 133 Å². The van der Waals surface area contributed by atoms with Crippen molar-refractivity contribution in [3.63, 3.8) is 0 Å². The number of aromatic carboxylic acids is 1. The minimum atomic E-state index is -1.25. The number of benzene rings is 1. The van der Waals surface area contributed by atoms with E-state index in [0.717, 1.165) is 12.1 Å². The summed E-state index contributed by atoms with van der Waals surface area (Å²) < 4.78 is 13.6. The van der Waals surface area contributed by atoms with Crippen molar-refractivity contribution < 1.29 is 19.1 Å². The Morgan fingerprint density at radius 2 is 2.19 bits per heavy atom. The Hall–Kier alpha value is -3.04. The van der Waals surface area contributed by atoms with Crippen LogP contribution in [0.5, 0.6) is 0 Å². The normalized spacial score (nSPS) is 11.7. The third-order valence-electron chi connectivity index (χ3n) is 2.56. The Bertz CT molecular complexity index is 660. The molecule has 0 aliphatic rings. The number of carbonyl (C=O) groups is 2. The zero-order chi connectivity index (χ0) is 15.4. The van der Waals surface area contributed by atoms with Gasteiger partial charge in [0.2, 0.25) is 0 Å². The zero-order valence-electron chi connectivity index (χ0n) is 10.8. The number of amides is 2. The summed E-state index contributed by atoms with van der Waals surface area (Å²) in [6, 6.07) is 1.95. The van der Waals surface area contributed by atoms with Crippen LogP contribution in [0, 0.1) is 5.82 Å². The third kappa shape index (κ3) is 3.49. The van der Waals surface area contributed by atoms with Gasteiger partial charge in [0, 0.05) is 0 Å². The standard InChI is InChI=1S/C11H11FN6O3/c1-5(9-15-17-18-16-9)13-11(21)14-8-3-2-6(10(19)20)4-7(8)12/h2-5H,1H3,(H,19,20)(H2,13,14,21)(H,15,16,17,18). The predicted molar refractivity (Wildman–Crippen MR) is 68.1 cm³/mol. The summed E-state index contributed by atoms with van der Waals surface area (Å²) in [6.07, 6.45) is 0. The number of H-pyrrole nitrogens is 1. The van der Waals surface area contributed by atoms with Crippen LogP contribution >= 0.6 is 0 Å². The van der Waals surface area contributed by atoms with E-state index in [4.69, 9.17) is 5.11 Å². The summed E-state index contributed by atoms with van der Waals surface area (Å²) in [4.78, 5) is 22.4. The maximum atomic E-state index is 13.6. The van der Waals surface area contributed by atoms with E-state index in [-0.39, 0.29) is 17.1 Å². The highest BCUT2D eigenvalue weighted by molar-refractivity contribution is 5.91. The number of nitrogens with zero attached hydrogens (tertiary/aromatic N) is 3. The fraction of sp³-hybridized carbons (Fsp3) is 0.182. The summed E-state index contributed by atoms with van der Waals surface area (Å²) in [5.41, 5.74) is -0.351. The lowest BCUT2D eigenvalue weighted by Crippen LogP contribution is -2.32. The first-order valence-corrected chi connectivity index (χ1v) is 5.81. The largest absolute Gasteiger partial charge is 0.478 e. The quantitative estimate of drug-likeness (QED) is 0.662. The molecule has 1 atom stereocenters. The number of tetrazole rings is 1. The van der Waals surface area contributed by atoms with Gasteiger partial charge in [0.1, 0.15) is 5.82 Å². The molecule has 21 heavy (non-hydrogen) atoms. The number of carboxylic acid groups (broad SMARTS) is 1. The Labute approximate surface area is 117 Å². The van der Waals surface area contributed by atoms with E-state index in [2.05, 4.69) is 31.3 Å². The van der Waals surface area contributed by atoms with Crippen molar-refractivity contribution in [1.29, 1.82) is 0 Å². The van der Waals surface area contributed by atoms with Crippen molar-refractivity contribution in [2.75, 3.05) is 5.32 Å². The van der Waals surface area contributed by atoms with Crippen molar-refractivity contribution in [2.24, 2.45) is 0 Å². The van der Waals surface area contributed by atoms with Crippen molar-refractivity contribution in [1.82, 2.24) is 25.9 Å². The summed E-state index contributed by atoms with van der Waals surface area (Å²) in [5, 5.41) is 26.4. The number of hydrogen-bond donors (Lipinski definition) is 4. The second-order valence-electron chi connectivity index (χ2n) is 4.09. The monoisotopic (exact) mass is 294 g/mol. The highest BCUT2D eigenvalue weighted by atomic mass is 19.1. The van der Waals surface area contributed by atoms with Crippen LogP contribution in [0.25, 0.3) is 0 Å². The van der Waals surface area contributed by atoms with Crippen LogP contribution in [0.3, 0.4) is 0 Å². The van der Waals surface area contributed by atoms with Gasteiger partial charge in [-0.3, -0.25) is 0 Å². The van der Waals surface area contributed by atoms with Crippen LogP contribution < -0.4 is 10.6 Å². The second-order valence-corrected chi connectivity index (χ2v) is 4.09. The average molecular weight is 294 g/mol. The van der Waals surface area contributed by atoms with E-state index in [1.807, 2.05) is 0 Å². The average Bonchev–Trinajstić information content (AvgIpc) is 2.94. The van der Waals surface area contributed by atoms with Crippen LogP contribution in [0.1, 0.15) is 29.1 Å². The number of aromatic nitrogens is 4. The minimum Gasteiger partial charge on any atom is -0.478 e. The molecule has 10 heteroatoms. The van der Waals surface area contributed by atoms with Gasteiger partial charge in [0.25, 0.3) is 0 Å². The van der Waals surface area contributed by atoms with Gasteiger partial charge in [0.05, 0.1) is 17.3 Å². The number of anilines is 1. The van der Waals surface area contributed by atoms with E-state index in [1.54, 1.807) is 6.92 Å². The lowest BCUT2D eigenvalue weighted by Gasteiger charge is -2.12. The molecule has 0 spiro atoms. The van der Waals surface area contributed by atoms with E-state index in [1.165, 1.54) is 6.07 Å². The Balaban J connectivity index is 2.01. The van der Waals surface area contributed by atoms with E-state index < -0.39 is 23.9 Å². The van der Waals surface area contributed by atoms with Gasteiger partial charge in [-0.2, -0.15) is 5.21 Å². The van der Waals surface area contributed by atoms with Crippen molar-refractivity contribution in [3.05, 3.63) is 35.4 Å². The van der Waals surface area contributed by atoms with Gasteiger partial charge < -0.3 is 15.7 Å². The Morgan fingerprint density at radius 1 is 1.43 bits per heavy atom. The number of urea groups is 1. The molecule has 0 saturated carbocycles. The summed E-state index contributed by atoms with van der Waals surface area (Å²) in [7, 11) is 0. The Kier molecular flexibility index (Phi) is 4.07. The first-order valence-electron chi connectivity index (χ1n) is 5.81. The van der Waals surface area contributed by atoms with Crippen molar-refractivity contribution in [3.8, 4) is 0 Å². The van der Waals surface area contributed by atoms with Crippen LogP contribution in [-0.2, 0) is 0 Å². The lowest BCUT2D eigenvalue weighted by molar-refractivity contribution is 0.0696. The number of rotatable bonds is 4. The first kappa shape index (κ1) is 14.4. The molecule has 0 aliphatic heterocycles. The van der Waals surface area contributed by atoms with Gasteiger partial charge in [-0.05, 0) is 25.1 Å². The molecule has 1 aromatic carbocycles. The molecule has 0 bridgehead atoms. The highest BCUT2D eigenvalue weighted by Gasteiger charge is 2.15. The van der Waals surface area contributed by atoms with Gasteiger partial charge >= 0.3 is 12.0 Å². The third-order valence-corrected chi connectivity index (χ3v) is 2.56. The zero-order valence-corrected chi connectivity index (χ0v) is 10.8. The maximum absolute atomic E-state index is 13.6. The molecule has 0 saturated heterocycles. The van der Waals surface area contributed by atoms with Crippen LogP contribution in [-0.4, -0.2) is 37.7 Å². The number of nitrogens with one attached hydrogen (secondary N) is 3. The first-order chi connectivity index (χ1) is 9.97. The van der Waals surface area contributed by atoms with E-state index in [9.17, 15) is 14.0 Å². The SMILES string of the molecule is CC(NC(=O)Nc1ccc(C(=O)O)cc1F)c1nn[nH]n1. The summed E-state index contributed by atoms with van der Waals surface area (Å²) >= 11 is 0. The molecule has 2 rings (SSSR count). The number of halogens is 1. The van der Waals surface area contributed by atoms with Gasteiger partial charge in [-0.25, -0.2) is 14.0 Å². The second kappa shape index (κ2) is 5.94. The molecule has 2 aromatic rings. The highest BCUT2D eigenvalue weighted by Crippen LogP contribution is 2.16. The summed E-state index contributed by atoms with van der Waals surface area (Å²) in [6.45, 7) is 1.62. The van der Waals surface area contributed by atoms with Crippen LogP contribution in [0.2, 0.25) is 0 Å². The maximum Gasteiger partial charge on any atom is 0.335 e. The lowest BCUT2D eigenvalue weighted by atomic mass is 10.2. The number of carboxylic acids is 1. The smallest absolute Gasteiger partial charge is 0.335 e. The van der Waals surface area contributed by atoms with E-state index in [0.29, 0.717) is 0 Å². The number of carbonyl (C=O) groups excluding carboxylic acids is 1. The Morgan fingerprint density at radius 3 is 2.76 bits per heavy atom. The molecular formula is C11H11FN6O3. The van der Waals surface area contributed by atoms with Crippen LogP contribution in [0.15, 0.2) is 18.2 Å². The minimum absolute atomic E-state index is 0.141. The molecule has 0 fully saturated rings. The van der Waals surface area contributed by atoms with E-state index >= 15 is 0 Å². The molecule has 0 radical (unpaired) electrons. The molecule has 1 unspecified atom stereocenters. The number of aromatic amines is 1. The molecule has 0 aliphatic carbocycles. The fourth-order valence-corrected chi connectivity index (χ4v) is 1.52. The van der Waals surface area contributed by atoms with Gasteiger partial charge in [-0.1, -0.05) is 5.21 Å². The molecule has 2 amide bonds. The van der Waals surface area contributed by atoms with Crippen LogP contribution in [0.4, 0.5) is 14.9 Å². The van der Waals surface area contributed by atoms with Gasteiger partial charge in [-0.15, -0.1) is 10.2 Å². The van der Waals surface area contributed by atoms with Crippen molar-refractivity contribution in [2.45, 2.75) is 13.0 Å². The van der Waals surface area contributed by atoms with Crippen molar-refractivity contribution >= 4 is 17.7 Å². The number of hydrogen-bond acceptors (Lipinski definition) is 5. The molecule has 4 N–H and O–H groups in total.